The predicted molar refractivity (Wildman–Crippen MR) is 72.3 cm³/mol. The summed E-state index contributed by atoms with van der Waals surface area (Å²) >= 11 is 0. The minimum absolute atomic E-state index is 0.954. The first-order valence-corrected chi connectivity index (χ1v) is 6.26. The zero-order valence-electron chi connectivity index (χ0n) is 10.9. The van der Waals surface area contributed by atoms with Crippen molar-refractivity contribution in [3.63, 3.8) is 0 Å². The molecule has 0 unspecified atom stereocenters. The van der Waals surface area contributed by atoms with E-state index in [0.717, 1.165) is 11.9 Å². The molecule has 3 rings (SSSR count). The lowest BCUT2D eigenvalue weighted by Crippen LogP contribution is -2.39. The third kappa shape index (κ3) is 1.47. The van der Waals surface area contributed by atoms with Crippen LogP contribution in [-0.2, 0) is 13.5 Å². The SMILES string of the molecule is CCc1c2c(nn[n+]1C)c(C)cc1ccccc12. The smallest absolute Gasteiger partial charge is 0.137 e. The highest BCUT2D eigenvalue weighted by molar-refractivity contribution is 6.08. The van der Waals surface area contributed by atoms with Gasteiger partial charge in [0.2, 0.25) is 5.52 Å². The van der Waals surface area contributed by atoms with Crippen molar-refractivity contribution in [3.8, 4) is 0 Å². The van der Waals surface area contributed by atoms with Crippen LogP contribution in [0.15, 0.2) is 30.3 Å². The van der Waals surface area contributed by atoms with Crippen LogP contribution in [0.4, 0.5) is 0 Å². The summed E-state index contributed by atoms with van der Waals surface area (Å²) in [6, 6.07) is 10.7. The Kier molecular flexibility index (Phi) is 2.47. The lowest BCUT2D eigenvalue weighted by Gasteiger charge is -2.06. The molecule has 3 aromatic rings. The molecule has 0 radical (unpaired) electrons. The Hall–Kier alpha value is -2.03. The van der Waals surface area contributed by atoms with E-state index in [9.17, 15) is 0 Å². The van der Waals surface area contributed by atoms with Gasteiger partial charge in [0, 0.05) is 12.0 Å². The second-order valence-electron chi connectivity index (χ2n) is 4.65. The molecule has 18 heavy (non-hydrogen) atoms. The van der Waals surface area contributed by atoms with Crippen molar-refractivity contribution in [1.82, 2.24) is 10.3 Å². The van der Waals surface area contributed by atoms with Gasteiger partial charge in [-0.05, 0) is 23.8 Å². The molecule has 0 aliphatic rings. The molecule has 0 saturated carbocycles. The Morgan fingerprint density at radius 3 is 2.78 bits per heavy atom. The molecule has 90 valence electrons. The molecule has 3 heteroatoms. The van der Waals surface area contributed by atoms with Gasteiger partial charge in [-0.3, -0.25) is 0 Å². The molecule has 0 atom stereocenters. The van der Waals surface area contributed by atoms with Crippen LogP contribution in [0.1, 0.15) is 18.2 Å². The zero-order chi connectivity index (χ0) is 12.7. The van der Waals surface area contributed by atoms with E-state index >= 15 is 0 Å². The summed E-state index contributed by atoms with van der Waals surface area (Å²) in [6.07, 6.45) is 0.954. The number of aromatic nitrogens is 3. The van der Waals surface area contributed by atoms with Gasteiger partial charge in [0.25, 0.3) is 0 Å². The number of fused-ring (bicyclic) bond motifs is 3. The van der Waals surface area contributed by atoms with E-state index in [4.69, 9.17) is 0 Å². The Balaban J connectivity index is 2.63. The first-order chi connectivity index (χ1) is 8.72. The number of benzene rings is 2. The van der Waals surface area contributed by atoms with Crippen molar-refractivity contribution >= 4 is 21.7 Å². The number of nitrogens with zero attached hydrogens (tertiary/aromatic N) is 3. The van der Waals surface area contributed by atoms with Gasteiger partial charge in [0.1, 0.15) is 18.0 Å². The normalized spacial score (nSPS) is 11.3. The highest BCUT2D eigenvalue weighted by Crippen LogP contribution is 2.27. The van der Waals surface area contributed by atoms with Crippen molar-refractivity contribution in [1.29, 1.82) is 0 Å². The van der Waals surface area contributed by atoms with E-state index in [1.165, 1.54) is 27.4 Å². The van der Waals surface area contributed by atoms with E-state index in [0.29, 0.717) is 0 Å². The molecular weight excluding hydrogens is 222 g/mol. The van der Waals surface area contributed by atoms with Crippen LogP contribution in [0.5, 0.6) is 0 Å². The van der Waals surface area contributed by atoms with Gasteiger partial charge in [-0.1, -0.05) is 31.2 Å². The Bertz CT molecular complexity index is 747. The largest absolute Gasteiger partial charge is 0.218 e. The summed E-state index contributed by atoms with van der Waals surface area (Å²) in [5.41, 5.74) is 3.44. The standard InChI is InChI=1S/C15H16N3/c1-4-13-14-12-8-6-5-7-11(12)9-10(2)15(14)16-17-18(13)3/h5-9H,4H2,1-3H3/q+1. The summed E-state index contributed by atoms with van der Waals surface area (Å²) in [6.45, 7) is 4.26. The van der Waals surface area contributed by atoms with E-state index in [1.54, 1.807) is 0 Å². The maximum absolute atomic E-state index is 4.35. The van der Waals surface area contributed by atoms with Gasteiger partial charge in [-0.2, -0.15) is 0 Å². The molecule has 2 aromatic carbocycles. The number of aryl methyl sites for hydroxylation is 3. The first-order valence-electron chi connectivity index (χ1n) is 6.26. The van der Waals surface area contributed by atoms with Crippen LogP contribution in [0.25, 0.3) is 21.7 Å². The van der Waals surface area contributed by atoms with Crippen molar-refractivity contribution < 1.29 is 4.68 Å². The van der Waals surface area contributed by atoms with E-state index in [-0.39, 0.29) is 0 Å². The fourth-order valence-electron chi connectivity index (χ4n) is 2.63. The predicted octanol–water partition coefficient (Wildman–Crippen LogP) is 2.48. The van der Waals surface area contributed by atoms with Crippen molar-refractivity contribution in [2.24, 2.45) is 7.05 Å². The van der Waals surface area contributed by atoms with Gasteiger partial charge >= 0.3 is 0 Å². The number of hydrogen-bond acceptors (Lipinski definition) is 2. The third-order valence-corrected chi connectivity index (χ3v) is 3.51. The van der Waals surface area contributed by atoms with Crippen LogP contribution in [0.2, 0.25) is 0 Å². The summed E-state index contributed by atoms with van der Waals surface area (Å²) < 4.78 is 1.88. The van der Waals surface area contributed by atoms with Crippen LogP contribution in [0, 0.1) is 6.92 Å². The van der Waals surface area contributed by atoms with Crippen molar-refractivity contribution in [3.05, 3.63) is 41.6 Å². The fourth-order valence-corrected chi connectivity index (χ4v) is 2.63. The topological polar surface area (TPSA) is 29.7 Å². The Morgan fingerprint density at radius 2 is 2.00 bits per heavy atom. The van der Waals surface area contributed by atoms with Gasteiger partial charge in [-0.25, -0.2) is 0 Å². The van der Waals surface area contributed by atoms with Crippen molar-refractivity contribution in [2.45, 2.75) is 20.3 Å². The molecule has 0 aliphatic heterocycles. The maximum atomic E-state index is 4.35. The summed E-state index contributed by atoms with van der Waals surface area (Å²) in [5, 5.41) is 12.3. The molecule has 0 saturated heterocycles. The zero-order valence-corrected chi connectivity index (χ0v) is 10.9. The second kappa shape index (κ2) is 4.02. The molecule has 0 N–H and O–H groups in total. The first kappa shape index (κ1) is 11.1. The minimum atomic E-state index is 0.954. The fraction of sp³-hybridized carbons (Fsp3) is 0.267. The lowest BCUT2D eigenvalue weighted by atomic mass is 10.00. The number of hydrogen-bond donors (Lipinski definition) is 0. The van der Waals surface area contributed by atoms with Gasteiger partial charge in [0.05, 0.1) is 10.5 Å². The minimum Gasteiger partial charge on any atom is -0.137 e. The van der Waals surface area contributed by atoms with Gasteiger partial charge < -0.3 is 0 Å². The van der Waals surface area contributed by atoms with E-state index in [2.05, 4.69) is 54.5 Å². The molecule has 0 fully saturated rings. The maximum Gasteiger partial charge on any atom is 0.218 e. The van der Waals surface area contributed by atoms with Crippen LogP contribution in [0.3, 0.4) is 0 Å². The summed E-state index contributed by atoms with van der Waals surface area (Å²) in [5.74, 6) is 0. The summed E-state index contributed by atoms with van der Waals surface area (Å²) in [7, 11) is 1.96. The molecule has 0 spiro atoms. The molecule has 0 bridgehead atoms. The Labute approximate surface area is 106 Å². The third-order valence-electron chi connectivity index (χ3n) is 3.51. The average Bonchev–Trinajstić information content (AvgIpc) is 2.38. The monoisotopic (exact) mass is 238 g/mol. The van der Waals surface area contributed by atoms with Gasteiger partial charge in [0.15, 0.2) is 0 Å². The molecule has 3 nitrogen and oxygen atoms in total. The van der Waals surface area contributed by atoms with E-state index < -0.39 is 0 Å². The summed E-state index contributed by atoms with van der Waals surface area (Å²) in [4.78, 5) is 0. The quantitative estimate of drug-likeness (QED) is 0.481. The van der Waals surface area contributed by atoms with Crippen molar-refractivity contribution in [2.75, 3.05) is 0 Å². The van der Waals surface area contributed by atoms with Crippen LogP contribution < -0.4 is 4.68 Å². The van der Waals surface area contributed by atoms with Crippen LogP contribution >= 0.6 is 0 Å². The average molecular weight is 238 g/mol. The molecule has 0 aliphatic carbocycles. The molecule has 1 heterocycles. The lowest BCUT2D eigenvalue weighted by molar-refractivity contribution is -0.741. The van der Waals surface area contributed by atoms with E-state index in [1.807, 2.05) is 11.7 Å². The number of rotatable bonds is 1. The molecule has 0 amide bonds. The Morgan fingerprint density at radius 1 is 1.22 bits per heavy atom. The highest BCUT2D eigenvalue weighted by Gasteiger charge is 2.17. The molecule has 1 aromatic heterocycles. The van der Waals surface area contributed by atoms with Crippen LogP contribution in [-0.4, -0.2) is 10.3 Å². The molecular formula is C15H16N3+. The van der Waals surface area contributed by atoms with Gasteiger partial charge in [-0.15, -0.1) is 4.68 Å². The highest BCUT2D eigenvalue weighted by atomic mass is 15.4. The second-order valence-corrected chi connectivity index (χ2v) is 4.65.